The molecule has 0 bridgehead atoms. The number of nitrogens with one attached hydrogen (secondary N) is 2. The monoisotopic (exact) mass is 188 g/mol. The largest absolute Gasteiger partial charge is 0.353 e. The van der Waals surface area contributed by atoms with Crippen LogP contribution >= 0.6 is 11.8 Å². The summed E-state index contributed by atoms with van der Waals surface area (Å²) in [5, 5.41) is 6.16. The maximum absolute atomic E-state index is 11.3. The van der Waals surface area contributed by atoms with Crippen LogP contribution in [0, 0.1) is 0 Å². The first kappa shape index (κ1) is 9.86. The van der Waals surface area contributed by atoms with Gasteiger partial charge in [0.25, 0.3) is 0 Å². The Morgan fingerprint density at radius 2 is 2.42 bits per heavy atom. The van der Waals surface area contributed by atoms with Crippen LogP contribution in [0.2, 0.25) is 0 Å². The van der Waals surface area contributed by atoms with Gasteiger partial charge in [0.05, 0.1) is 6.04 Å². The first-order valence-corrected chi connectivity index (χ1v) is 5.66. The quantitative estimate of drug-likeness (QED) is 0.665. The molecular weight excluding hydrogens is 172 g/mol. The highest BCUT2D eigenvalue weighted by Crippen LogP contribution is 2.04. The highest BCUT2D eigenvalue weighted by atomic mass is 32.2. The van der Waals surface area contributed by atoms with Crippen molar-refractivity contribution in [1.82, 2.24) is 10.6 Å². The van der Waals surface area contributed by atoms with E-state index < -0.39 is 0 Å². The number of carbonyl (C=O) groups excluding carboxylic acids is 1. The third-order valence-electron chi connectivity index (χ3n) is 2.00. The molecule has 1 heterocycles. The molecule has 1 aliphatic rings. The second-order valence-electron chi connectivity index (χ2n) is 3.15. The Labute approximate surface area is 77.7 Å². The van der Waals surface area contributed by atoms with E-state index in [1.807, 2.05) is 0 Å². The molecule has 0 aromatic carbocycles. The first-order chi connectivity index (χ1) is 5.74. The number of piperazine rings is 1. The van der Waals surface area contributed by atoms with Gasteiger partial charge in [0.1, 0.15) is 0 Å². The van der Waals surface area contributed by atoms with Gasteiger partial charge in [0.2, 0.25) is 5.91 Å². The smallest absolute Gasteiger partial charge is 0.237 e. The lowest BCUT2D eigenvalue weighted by Crippen LogP contribution is -2.57. The fourth-order valence-corrected chi connectivity index (χ4v) is 1.78. The van der Waals surface area contributed by atoms with Gasteiger partial charge in [-0.1, -0.05) is 0 Å². The van der Waals surface area contributed by atoms with Crippen LogP contribution in [0.3, 0.4) is 0 Å². The molecule has 2 N–H and O–H groups in total. The van der Waals surface area contributed by atoms with Crippen LogP contribution in [0.4, 0.5) is 0 Å². The Morgan fingerprint density at radius 3 is 3.08 bits per heavy atom. The molecule has 1 aliphatic heterocycles. The maximum atomic E-state index is 11.3. The summed E-state index contributed by atoms with van der Waals surface area (Å²) in [7, 11) is 0. The minimum Gasteiger partial charge on any atom is -0.353 e. The molecule has 70 valence electrons. The van der Waals surface area contributed by atoms with E-state index in [0.29, 0.717) is 6.04 Å². The van der Waals surface area contributed by atoms with Crippen molar-refractivity contribution in [2.45, 2.75) is 25.4 Å². The zero-order valence-electron chi connectivity index (χ0n) is 7.59. The number of thioether (sulfide) groups is 1. The lowest BCUT2D eigenvalue weighted by Gasteiger charge is -2.28. The standard InChI is InChI=1S/C8H16N2OS/c1-6-5-9-8(11)7(10-6)3-4-12-2/h6-7,10H,3-5H2,1-2H3,(H,9,11)/t6?,7-/m0/s1. The lowest BCUT2D eigenvalue weighted by molar-refractivity contribution is -0.124. The molecule has 1 unspecified atom stereocenters. The van der Waals surface area contributed by atoms with E-state index in [0.717, 1.165) is 18.7 Å². The van der Waals surface area contributed by atoms with E-state index in [1.165, 1.54) is 0 Å². The van der Waals surface area contributed by atoms with Gasteiger partial charge in [-0.25, -0.2) is 0 Å². The van der Waals surface area contributed by atoms with Gasteiger partial charge >= 0.3 is 0 Å². The molecule has 2 atom stereocenters. The molecule has 0 radical (unpaired) electrons. The third-order valence-corrected chi connectivity index (χ3v) is 2.64. The van der Waals surface area contributed by atoms with Crippen molar-refractivity contribution in [3.63, 3.8) is 0 Å². The van der Waals surface area contributed by atoms with Crippen molar-refractivity contribution in [2.75, 3.05) is 18.6 Å². The molecule has 0 aromatic rings. The number of hydrogen-bond acceptors (Lipinski definition) is 3. The Kier molecular flexibility index (Phi) is 3.88. The molecule has 0 aromatic heterocycles. The summed E-state index contributed by atoms with van der Waals surface area (Å²) in [4.78, 5) is 11.3. The first-order valence-electron chi connectivity index (χ1n) is 4.26. The SMILES string of the molecule is CSCC[C@@H]1NC(C)CNC1=O. The molecule has 4 heteroatoms. The fraction of sp³-hybridized carbons (Fsp3) is 0.875. The topological polar surface area (TPSA) is 41.1 Å². The molecule has 0 aliphatic carbocycles. The summed E-state index contributed by atoms with van der Waals surface area (Å²) in [5.41, 5.74) is 0. The van der Waals surface area contributed by atoms with E-state index in [9.17, 15) is 4.79 Å². The highest BCUT2D eigenvalue weighted by Gasteiger charge is 2.24. The van der Waals surface area contributed by atoms with E-state index in [4.69, 9.17) is 0 Å². The summed E-state index contributed by atoms with van der Waals surface area (Å²) < 4.78 is 0. The Morgan fingerprint density at radius 1 is 1.67 bits per heavy atom. The van der Waals surface area contributed by atoms with Gasteiger partial charge in [-0.3, -0.25) is 4.79 Å². The van der Waals surface area contributed by atoms with Gasteiger partial charge in [-0.2, -0.15) is 11.8 Å². The average Bonchev–Trinajstić information content (AvgIpc) is 2.07. The van der Waals surface area contributed by atoms with Crippen LogP contribution in [0.5, 0.6) is 0 Å². The number of hydrogen-bond donors (Lipinski definition) is 2. The van der Waals surface area contributed by atoms with E-state index in [2.05, 4.69) is 23.8 Å². The van der Waals surface area contributed by atoms with Crippen molar-refractivity contribution < 1.29 is 4.79 Å². The normalized spacial score (nSPS) is 30.0. The molecule has 0 spiro atoms. The molecule has 12 heavy (non-hydrogen) atoms. The molecule has 1 fully saturated rings. The molecular formula is C8H16N2OS. The van der Waals surface area contributed by atoms with Crippen LogP contribution in [0.15, 0.2) is 0 Å². The zero-order chi connectivity index (χ0) is 8.97. The van der Waals surface area contributed by atoms with Crippen molar-refractivity contribution in [3.05, 3.63) is 0 Å². The van der Waals surface area contributed by atoms with Crippen molar-refractivity contribution in [3.8, 4) is 0 Å². The Balaban J connectivity index is 2.33. The summed E-state index contributed by atoms with van der Waals surface area (Å²) in [6.45, 7) is 2.85. The van der Waals surface area contributed by atoms with Gasteiger partial charge in [-0.15, -0.1) is 0 Å². The zero-order valence-corrected chi connectivity index (χ0v) is 8.41. The van der Waals surface area contributed by atoms with E-state index >= 15 is 0 Å². The van der Waals surface area contributed by atoms with Crippen LogP contribution in [0.25, 0.3) is 0 Å². The molecule has 0 saturated carbocycles. The van der Waals surface area contributed by atoms with Crippen molar-refractivity contribution in [1.29, 1.82) is 0 Å². The molecule has 1 rings (SSSR count). The Hall–Kier alpha value is -0.220. The second kappa shape index (κ2) is 4.72. The molecule has 1 amide bonds. The summed E-state index contributed by atoms with van der Waals surface area (Å²) in [6.07, 6.45) is 2.99. The van der Waals surface area contributed by atoms with Gasteiger partial charge in [0, 0.05) is 12.6 Å². The van der Waals surface area contributed by atoms with E-state index in [-0.39, 0.29) is 11.9 Å². The van der Waals surface area contributed by atoms with Crippen molar-refractivity contribution in [2.24, 2.45) is 0 Å². The molecule has 1 saturated heterocycles. The number of amides is 1. The lowest BCUT2D eigenvalue weighted by atomic mass is 10.1. The van der Waals surface area contributed by atoms with Crippen LogP contribution < -0.4 is 10.6 Å². The summed E-state index contributed by atoms with van der Waals surface area (Å²) in [5.74, 6) is 1.19. The average molecular weight is 188 g/mol. The fourth-order valence-electron chi connectivity index (χ4n) is 1.31. The van der Waals surface area contributed by atoms with Crippen LogP contribution in [-0.2, 0) is 4.79 Å². The minimum absolute atomic E-state index is 0.0289. The van der Waals surface area contributed by atoms with Crippen LogP contribution in [0.1, 0.15) is 13.3 Å². The maximum Gasteiger partial charge on any atom is 0.237 e. The third kappa shape index (κ3) is 2.68. The second-order valence-corrected chi connectivity index (χ2v) is 4.13. The van der Waals surface area contributed by atoms with Crippen molar-refractivity contribution >= 4 is 17.7 Å². The number of rotatable bonds is 3. The summed E-state index contributed by atoms with van der Waals surface area (Å²) in [6, 6.07) is 0.441. The Bertz CT molecular complexity index is 163. The van der Waals surface area contributed by atoms with Gasteiger partial charge < -0.3 is 10.6 Å². The van der Waals surface area contributed by atoms with Gasteiger partial charge in [-0.05, 0) is 25.4 Å². The number of carbonyl (C=O) groups is 1. The summed E-state index contributed by atoms with van der Waals surface area (Å²) >= 11 is 1.78. The van der Waals surface area contributed by atoms with E-state index in [1.54, 1.807) is 11.8 Å². The predicted octanol–water partition coefficient (Wildman–Crippen LogP) is 0.216. The highest BCUT2D eigenvalue weighted by molar-refractivity contribution is 7.98. The molecule has 3 nitrogen and oxygen atoms in total. The predicted molar refractivity (Wildman–Crippen MR) is 52.4 cm³/mol. The van der Waals surface area contributed by atoms with Crippen LogP contribution in [-0.4, -0.2) is 36.5 Å². The van der Waals surface area contributed by atoms with Gasteiger partial charge in [0.15, 0.2) is 0 Å². The minimum atomic E-state index is 0.0289.